The lowest BCUT2D eigenvalue weighted by molar-refractivity contribution is 0.279. The molecule has 9 rings (SSSR count). The predicted molar refractivity (Wildman–Crippen MR) is 157 cm³/mol. The predicted octanol–water partition coefficient (Wildman–Crippen LogP) is 8.71. The lowest BCUT2D eigenvalue weighted by Crippen LogP contribution is -2.13. The maximum absolute atomic E-state index is 6.20. The monoisotopic (exact) mass is 502 g/mol. The Bertz CT molecular complexity index is 2190. The molecule has 3 aromatic heterocycles. The zero-order valence-corrected chi connectivity index (χ0v) is 21.0. The second kappa shape index (κ2) is 7.71. The number of hydrogen-bond acceptors (Lipinski definition) is 3. The van der Waals surface area contributed by atoms with Crippen LogP contribution in [0.25, 0.3) is 60.6 Å². The fourth-order valence-corrected chi connectivity index (χ4v) is 6.38. The van der Waals surface area contributed by atoms with E-state index in [-0.39, 0.29) is 6.10 Å². The summed E-state index contributed by atoms with van der Waals surface area (Å²) < 4.78 is 14.6. The highest BCUT2D eigenvalue weighted by molar-refractivity contribution is 6.11. The van der Waals surface area contributed by atoms with Gasteiger partial charge in [-0.2, -0.15) is 0 Å². The minimum Gasteiger partial charge on any atom is -0.485 e. The number of furan rings is 1. The van der Waals surface area contributed by atoms with Gasteiger partial charge in [0.1, 0.15) is 23.0 Å². The molecule has 1 unspecified atom stereocenters. The Morgan fingerprint density at radius 3 is 2.62 bits per heavy atom. The first-order valence-corrected chi connectivity index (χ1v) is 13.3. The van der Waals surface area contributed by atoms with Crippen LogP contribution in [0.2, 0.25) is 0 Å². The molecule has 0 saturated heterocycles. The first kappa shape index (κ1) is 20.9. The fraction of sp³-hybridized carbons (Fsp3) is 0.0571. The third-order valence-corrected chi connectivity index (χ3v) is 8.20. The molecular weight excluding hydrogens is 480 g/mol. The van der Waals surface area contributed by atoms with E-state index in [4.69, 9.17) is 9.15 Å². The molecule has 1 aliphatic heterocycles. The van der Waals surface area contributed by atoms with Gasteiger partial charge in [-0.05, 0) is 65.7 Å². The molecule has 4 heterocycles. The zero-order valence-electron chi connectivity index (χ0n) is 21.0. The number of ether oxygens (including phenoxy) is 1. The van der Waals surface area contributed by atoms with Crippen LogP contribution in [-0.2, 0) is 0 Å². The quantitative estimate of drug-likeness (QED) is 0.237. The van der Waals surface area contributed by atoms with Crippen molar-refractivity contribution in [2.45, 2.75) is 12.5 Å². The number of fused-ring (bicyclic) bond motifs is 9. The summed E-state index contributed by atoms with van der Waals surface area (Å²) in [7, 11) is 0. The van der Waals surface area contributed by atoms with Gasteiger partial charge in [0.25, 0.3) is 0 Å². The number of nitrogens with zero attached hydrogens (tertiary/aromatic N) is 2. The normalized spacial score (nSPS) is 16.4. The van der Waals surface area contributed by atoms with Crippen LogP contribution in [0, 0.1) is 0 Å². The van der Waals surface area contributed by atoms with Crippen molar-refractivity contribution in [3.63, 3.8) is 0 Å². The topological polar surface area (TPSA) is 40.2 Å². The summed E-state index contributed by atoms with van der Waals surface area (Å²) in [6.45, 7) is 0. The Morgan fingerprint density at radius 1 is 0.744 bits per heavy atom. The van der Waals surface area contributed by atoms with Crippen molar-refractivity contribution in [1.82, 2.24) is 9.55 Å². The Kier molecular flexibility index (Phi) is 4.14. The summed E-state index contributed by atoms with van der Waals surface area (Å²) in [6, 6.07) is 32.2. The highest BCUT2D eigenvalue weighted by Gasteiger charge is 2.30. The van der Waals surface area contributed by atoms with Gasteiger partial charge in [-0.25, -0.2) is 0 Å². The average molecular weight is 503 g/mol. The molecule has 4 heteroatoms. The van der Waals surface area contributed by atoms with E-state index in [9.17, 15) is 0 Å². The molecule has 0 fully saturated rings. The van der Waals surface area contributed by atoms with Crippen molar-refractivity contribution in [3.05, 3.63) is 127 Å². The molecule has 0 bridgehead atoms. The second-order valence-electron chi connectivity index (χ2n) is 10.3. The largest absolute Gasteiger partial charge is 0.485 e. The maximum Gasteiger partial charge on any atom is 0.138 e. The molecule has 184 valence electrons. The van der Waals surface area contributed by atoms with E-state index in [2.05, 4.69) is 101 Å². The van der Waals surface area contributed by atoms with Crippen LogP contribution in [0.1, 0.15) is 17.5 Å². The molecule has 1 atom stereocenters. The van der Waals surface area contributed by atoms with Crippen LogP contribution < -0.4 is 4.74 Å². The molecule has 0 N–H and O–H groups in total. The van der Waals surface area contributed by atoms with E-state index < -0.39 is 0 Å². The lowest BCUT2D eigenvalue weighted by Gasteiger charge is -2.17. The number of allylic oxidation sites excluding steroid dienone is 2. The molecule has 7 aromatic rings. The van der Waals surface area contributed by atoms with Gasteiger partial charge in [0.2, 0.25) is 0 Å². The van der Waals surface area contributed by atoms with E-state index in [0.29, 0.717) is 0 Å². The molecule has 2 aliphatic rings. The Balaban J connectivity index is 1.23. The summed E-state index contributed by atoms with van der Waals surface area (Å²) in [5.74, 6) is 0.986. The third-order valence-electron chi connectivity index (χ3n) is 8.20. The van der Waals surface area contributed by atoms with Gasteiger partial charge in [-0.1, -0.05) is 48.5 Å². The number of benzene rings is 4. The SMILES string of the molecule is C1=C(c2ccc3c(c2)c2ccccc2n3-c2ccc3oc4ccncc4c3c2)C=C2c3ccccc3OC2C1. The van der Waals surface area contributed by atoms with Crippen molar-refractivity contribution in [3.8, 4) is 11.4 Å². The van der Waals surface area contributed by atoms with E-state index in [0.717, 1.165) is 39.8 Å². The standard InChI is InChI=1S/C35H22N2O2/c1-3-7-30-24(5-1)26-17-21(22-10-13-33-27(18-22)25-6-2-4-8-32(25)38-33)9-12-31(26)37(30)23-11-14-34-28(19-23)29-20-36-16-15-35(29)39-34/h1-12,14-20,33H,13H2. The summed E-state index contributed by atoms with van der Waals surface area (Å²) >= 11 is 0. The number of aromatic nitrogens is 2. The Labute approximate surface area is 224 Å². The molecular formula is C35H22N2O2. The van der Waals surface area contributed by atoms with Crippen LogP contribution in [0.3, 0.4) is 0 Å². The maximum atomic E-state index is 6.20. The van der Waals surface area contributed by atoms with Gasteiger partial charge < -0.3 is 13.7 Å². The molecule has 4 aromatic carbocycles. The molecule has 1 aliphatic carbocycles. The first-order chi connectivity index (χ1) is 19.3. The van der Waals surface area contributed by atoms with Crippen LogP contribution in [0.4, 0.5) is 0 Å². The van der Waals surface area contributed by atoms with Gasteiger partial charge in [-0.15, -0.1) is 0 Å². The highest BCUT2D eigenvalue weighted by atomic mass is 16.5. The van der Waals surface area contributed by atoms with Crippen molar-refractivity contribution in [1.29, 1.82) is 0 Å². The van der Waals surface area contributed by atoms with Crippen LogP contribution in [0.5, 0.6) is 5.75 Å². The van der Waals surface area contributed by atoms with E-state index in [1.54, 1.807) is 6.20 Å². The van der Waals surface area contributed by atoms with Crippen molar-refractivity contribution in [2.24, 2.45) is 0 Å². The number of rotatable bonds is 2. The van der Waals surface area contributed by atoms with Gasteiger partial charge >= 0.3 is 0 Å². The molecule has 0 saturated carbocycles. The minimum atomic E-state index is 0.112. The minimum absolute atomic E-state index is 0.112. The number of pyridine rings is 1. The molecule has 4 nitrogen and oxygen atoms in total. The van der Waals surface area contributed by atoms with Crippen molar-refractivity contribution >= 4 is 54.9 Å². The second-order valence-corrected chi connectivity index (χ2v) is 10.3. The van der Waals surface area contributed by atoms with Crippen LogP contribution in [0.15, 0.2) is 120 Å². The molecule has 39 heavy (non-hydrogen) atoms. The average Bonchev–Trinajstić information content (AvgIpc) is 3.65. The van der Waals surface area contributed by atoms with Gasteiger partial charge in [0.15, 0.2) is 0 Å². The fourth-order valence-electron chi connectivity index (χ4n) is 6.38. The van der Waals surface area contributed by atoms with Gasteiger partial charge in [0.05, 0.1) is 11.0 Å². The number of para-hydroxylation sites is 2. The van der Waals surface area contributed by atoms with Crippen LogP contribution >= 0.6 is 0 Å². The molecule has 0 spiro atoms. The highest BCUT2D eigenvalue weighted by Crippen LogP contribution is 2.43. The van der Waals surface area contributed by atoms with Gasteiger partial charge in [-0.3, -0.25) is 4.98 Å². The summed E-state index contributed by atoms with van der Waals surface area (Å²) in [6.07, 6.45) is 9.27. The lowest BCUT2D eigenvalue weighted by atomic mass is 9.89. The molecule has 0 amide bonds. The zero-order chi connectivity index (χ0) is 25.5. The summed E-state index contributed by atoms with van der Waals surface area (Å²) in [5, 5.41) is 4.59. The van der Waals surface area contributed by atoms with E-state index >= 15 is 0 Å². The smallest absolute Gasteiger partial charge is 0.138 e. The van der Waals surface area contributed by atoms with Crippen molar-refractivity contribution in [2.75, 3.05) is 0 Å². The van der Waals surface area contributed by atoms with E-state index in [1.807, 2.05) is 18.3 Å². The Morgan fingerprint density at radius 2 is 1.62 bits per heavy atom. The summed E-state index contributed by atoms with van der Waals surface area (Å²) in [5.41, 5.74) is 10.2. The Hall–Kier alpha value is -5.09. The number of hydrogen-bond donors (Lipinski definition) is 0. The van der Waals surface area contributed by atoms with E-state index in [1.165, 1.54) is 44.1 Å². The first-order valence-electron chi connectivity index (χ1n) is 13.3. The summed E-state index contributed by atoms with van der Waals surface area (Å²) in [4.78, 5) is 4.33. The van der Waals surface area contributed by atoms with Crippen LogP contribution in [-0.4, -0.2) is 15.7 Å². The third kappa shape index (κ3) is 2.97. The van der Waals surface area contributed by atoms with Crippen molar-refractivity contribution < 1.29 is 9.15 Å². The molecule has 0 radical (unpaired) electrons. The van der Waals surface area contributed by atoms with Gasteiger partial charge in [0, 0.05) is 57.2 Å².